The lowest BCUT2D eigenvalue weighted by atomic mass is 9.84. The number of carbonyl (C=O) groups is 1. The summed E-state index contributed by atoms with van der Waals surface area (Å²) < 4.78 is 7.71. The van der Waals surface area contributed by atoms with Crippen LogP contribution < -0.4 is 0 Å². The number of benzene rings is 1. The molecule has 1 amide bonds. The van der Waals surface area contributed by atoms with Crippen molar-refractivity contribution in [2.75, 3.05) is 20.2 Å². The van der Waals surface area contributed by atoms with Crippen molar-refractivity contribution in [2.24, 2.45) is 7.05 Å². The summed E-state index contributed by atoms with van der Waals surface area (Å²) in [6, 6.07) is 12.3. The van der Waals surface area contributed by atoms with Crippen LogP contribution in [0.5, 0.6) is 0 Å². The topological polar surface area (TPSA) is 47.4 Å². The quantitative estimate of drug-likeness (QED) is 0.848. The predicted molar refractivity (Wildman–Crippen MR) is 92.5 cm³/mol. The molecule has 0 bridgehead atoms. The maximum absolute atomic E-state index is 12.5. The highest BCUT2D eigenvalue weighted by atomic mass is 16.5. The number of amides is 1. The molecule has 2 heterocycles. The van der Waals surface area contributed by atoms with Gasteiger partial charge >= 0.3 is 0 Å². The summed E-state index contributed by atoms with van der Waals surface area (Å²) in [6.07, 6.45) is 4.72. The van der Waals surface area contributed by atoms with E-state index in [1.165, 1.54) is 5.56 Å². The first-order valence-corrected chi connectivity index (χ1v) is 8.50. The van der Waals surface area contributed by atoms with Crippen LogP contribution in [-0.2, 0) is 28.6 Å². The molecule has 3 rings (SSSR count). The van der Waals surface area contributed by atoms with Crippen LogP contribution in [0.1, 0.15) is 30.5 Å². The molecule has 128 valence electrons. The number of aromatic nitrogens is 2. The summed E-state index contributed by atoms with van der Waals surface area (Å²) >= 11 is 0. The van der Waals surface area contributed by atoms with Crippen LogP contribution in [0.15, 0.2) is 42.6 Å². The molecular weight excluding hydrogens is 302 g/mol. The van der Waals surface area contributed by atoms with Crippen molar-refractivity contribution in [1.29, 1.82) is 0 Å². The number of piperidine rings is 1. The van der Waals surface area contributed by atoms with Crippen LogP contribution in [0.25, 0.3) is 0 Å². The van der Waals surface area contributed by atoms with E-state index in [0.717, 1.165) is 38.0 Å². The van der Waals surface area contributed by atoms with Crippen LogP contribution in [0.3, 0.4) is 0 Å². The van der Waals surface area contributed by atoms with Gasteiger partial charge < -0.3 is 9.64 Å². The van der Waals surface area contributed by atoms with Gasteiger partial charge in [-0.05, 0) is 30.9 Å². The van der Waals surface area contributed by atoms with E-state index in [9.17, 15) is 4.79 Å². The lowest BCUT2D eigenvalue weighted by Gasteiger charge is -2.41. The maximum Gasteiger partial charge on any atom is 0.222 e. The number of rotatable bonds is 5. The summed E-state index contributed by atoms with van der Waals surface area (Å²) in [6.45, 7) is 1.49. The van der Waals surface area contributed by atoms with E-state index in [0.29, 0.717) is 6.42 Å². The Labute approximate surface area is 143 Å². The van der Waals surface area contributed by atoms with E-state index in [1.807, 2.05) is 40.9 Å². The molecule has 5 nitrogen and oxygen atoms in total. The van der Waals surface area contributed by atoms with Gasteiger partial charge in [0.05, 0.1) is 5.60 Å². The second-order valence-electron chi connectivity index (χ2n) is 6.39. The van der Waals surface area contributed by atoms with Gasteiger partial charge in [0, 0.05) is 45.6 Å². The molecule has 1 aromatic heterocycles. The average Bonchev–Trinajstić information content (AvgIpc) is 3.05. The smallest absolute Gasteiger partial charge is 0.222 e. The Kier molecular flexibility index (Phi) is 5.00. The average molecular weight is 327 g/mol. The normalized spacial score (nSPS) is 17.0. The maximum atomic E-state index is 12.5. The molecule has 1 fully saturated rings. The van der Waals surface area contributed by atoms with Gasteiger partial charge in [0.1, 0.15) is 0 Å². The van der Waals surface area contributed by atoms with Gasteiger partial charge in [-0.2, -0.15) is 5.10 Å². The zero-order valence-electron chi connectivity index (χ0n) is 14.4. The van der Waals surface area contributed by atoms with E-state index in [2.05, 4.69) is 17.2 Å². The lowest BCUT2D eigenvalue weighted by molar-refractivity contribution is -0.137. The number of likely N-dealkylation sites (tertiary alicyclic amines) is 1. The molecule has 2 aromatic rings. The van der Waals surface area contributed by atoms with Crippen molar-refractivity contribution in [1.82, 2.24) is 14.7 Å². The monoisotopic (exact) mass is 327 g/mol. The fourth-order valence-electron chi connectivity index (χ4n) is 3.51. The second kappa shape index (κ2) is 7.18. The van der Waals surface area contributed by atoms with Crippen molar-refractivity contribution in [2.45, 2.75) is 31.3 Å². The van der Waals surface area contributed by atoms with Gasteiger partial charge in [-0.15, -0.1) is 0 Å². The van der Waals surface area contributed by atoms with Crippen LogP contribution in [0, 0.1) is 0 Å². The summed E-state index contributed by atoms with van der Waals surface area (Å²) in [5.41, 5.74) is 2.03. The van der Waals surface area contributed by atoms with E-state index in [4.69, 9.17) is 4.74 Å². The largest absolute Gasteiger partial charge is 0.373 e. The Morgan fingerprint density at radius 2 is 1.92 bits per heavy atom. The van der Waals surface area contributed by atoms with Gasteiger partial charge in [0.25, 0.3) is 0 Å². The fraction of sp³-hybridized carbons (Fsp3) is 0.474. The second-order valence-corrected chi connectivity index (χ2v) is 6.39. The standard InChI is InChI=1S/C19H25N3O2/c1-21-17(10-13-20-21)8-9-18(23)22-14-11-19(24-2,12-15-22)16-6-4-3-5-7-16/h3-7,10,13H,8-9,11-12,14-15H2,1-2H3. The number of hydrogen-bond donors (Lipinski definition) is 0. The third-order valence-corrected chi connectivity index (χ3v) is 5.13. The van der Waals surface area contributed by atoms with Crippen molar-refractivity contribution in [3.63, 3.8) is 0 Å². The molecule has 0 spiro atoms. The van der Waals surface area contributed by atoms with Crippen molar-refractivity contribution >= 4 is 5.91 Å². The Hall–Kier alpha value is -2.14. The van der Waals surface area contributed by atoms with E-state index in [1.54, 1.807) is 13.3 Å². The summed E-state index contributed by atoms with van der Waals surface area (Å²) in [5, 5.41) is 4.15. The Bertz CT molecular complexity index is 673. The van der Waals surface area contributed by atoms with Crippen LogP contribution >= 0.6 is 0 Å². The van der Waals surface area contributed by atoms with Crippen molar-refractivity contribution < 1.29 is 9.53 Å². The van der Waals surface area contributed by atoms with Crippen molar-refractivity contribution in [3.05, 3.63) is 53.9 Å². The van der Waals surface area contributed by atoms with Gasteiger partial charge in [0.15, 0.2) is 0 Å². The number of carbonyl (C=O) groups excluding carboxylic acids is 1. The molecule has 1 aliphatic heterocycles. The van der Waals surface area contributed by atoms with Crippen LogP contribution in [-0.4, -0.2) is 40.8 Å². The Balaban J connectivity index is 1.58. The van der Waals surface area contributed by atoms with Crippen molar-refractivity contribution in [3.8, 4) is 0 Å². The first kappa shape index (κ1) is 16.7. The minimum Gasteiger partial charge on any atom is -0.373 e. The zero-order chi connectivity index (χ0) is 17.0. The summed E-state index contributed by atoms with van der Waals surface area (Å²) in [4.78, 5) is 14.5. The molecule has 0 unspecified atom stereocenters. The molecule has 5 heteroatoms. The predicted octanol–water partition coefficient (Wildman–Crippen LogP) is 2.52. The van der Waals surface area contributed by atoms with Gasteiger partial charge in [-0.3, -0.25) is 9.48 Å². The van der Waals surface area contributed by atoms with Gasteiger partial charge in [0.2, 0.25) is 5.91 Å². The first-order valence-electron chi connectivity index (χ1n) is 8.50. The van der Waals surface area contributed by atoms with Crippen LogP contribution in [0.2, 0.25) is 0 Å². The number of nitrogens with zero attached hydrogens (tertiary/aromatic N) is 3. The third-order valence-electron chi connectivity index (χ3n) is 5.13. The van der Waals surface area contributed by atoms with E-state index in [-0.39, 0.29) is 11.5 Å². The first-order chi connectivity index (χ1) is 11.6. The third kappa shape index (κ3) is 3.36. The fourth-order valence-corrected chi connectivity index (χ4v) is 3.51. The number of aryl methyl sites for hydroxylation is 2. The number of methoxy groups -OCH3 is 1. The number of hydrogen-bond acceptors (Lipinski definition) is 3. The Morgan fingerprint density at radius 1 is 1.21 bits per heavy atom. The minimum absolute atomic E-state index is 0.217. The molecule has 0 N–H and O–H groups in total. The molecule has 1 saturated heterocycles. The highest BCUT2D eigenvalue weighted by Gasteiger charge is 2.37. The Morgan fingerprint density at radius 3 is 2.50 bits per heavy atom. The molecule has 1 aliphatic rings. The SMILES string of the molecule is COC1(c2ccccc2)CCN(C(=O)CCc2ccnn2C)CC1. The molecule has 1 aromatic carbocycles. The van der Waals surface area contributed by atoms with Crippen LogP contribution in [0.4, 0.5) is 0 Å². The minimum atomic E-state index is -0.264. The number of ether oxygens (including phenoxy) is 1. The molecule has 0 saturated carbocycles. The highest BCUT2D eigenvalue weighted by molar-refractivity contribution is 5.76. The summed E-state index contributed by atoms with van der Waals surface area (Å²) in [5.74, 6) is 0.217. The van der Waals surface area contributed by atoms with Gasteiger partial charge in [-0.25, -0.2) is 0 Å². The summed E-state index contributed by atoms with van der Waals surface area (Å²) in [7, 11) is 3.68. The highest BCUT2D eigenvalue weighted by Crippen LogP contribution is 2.36. The zero-order valence-corrected chi connectivity index (χ0v) is 14.4. The molecule has 0 aliphatic carbocycles. The molecule has 0 radical (unpaired) electrons. The molecule has 0 atom stereocenters. The molecular formula is C19H25N3O2. The van der Waals surface area contributed by atoms with E-state index >= 15 is 0 Å². The van der Waals surface area contributed by atoms with Gasteiger partial charge in [-0.1, -0.05) is 30.3 Å². The molecule has 24 heavy (non-hydrogen) atoms. The lowest BCUT2D eigenvalue weighted by Crippen LogP contribution is -2.46. The van der Waals surface area contributed by atoms with E-state index < -0.39 is 0 Å².